The van der Waals surface area contributed by atoms with Gasteiger partial charge in [-0.3, -0.25) is 0 Å². The van der Waals surface area contributed by atoms with Gasteiger partial charge in [0, 0.05) is 15.8 Å². The monoisotopic (exact) mass is 490 g/mol. The van der Waals surface area contributed by atoms with Crippen molar-refractivity contribution < 1.29 is 0 Å². The molecule has 0 fully saturated rings. The average molecular weight is 491 g/mol. The molecule has 2 aromatic rings. The Kier molecular flexibility index (Phi) is 18.9. The Labute approximate surface area is 199 Å². The third kappa shape index (κ3) is 15.6. The van der Waals surface area contributed by atoms with Crippen LogP contribution in [0, 0.1) is 0 Å². The van der Waals surface area contributed by atoms with E-state index in [9.17, 15) is 0 Å². The third-order valence-corrected chi connectivity index (χ3v) is 5.37. The van der Waals surface area contributed by atoms with Crippen LogP contribution in [-0.2, 0) is 12.8 Å². The molecular formula is C24H38BBrN3S. The maximum atomic E-state index is 5.72. The van der Waals surface area contributed by atoms with Gasteiger partial charge in [-0.1, -0.05) is 70.6 Å². The van der Waals surface area contributed by atoms with Gasteiger partial charge >= 0.3 is 24.8 Å². The van der Waals surface area contributed by atoms with E-state index >= 15 is 0 Å². The minimum atomic E-state index is 0.822. The summed E-state index contributed by atoms with van der Waals surface area (Å²) in [5.41, 5.74) is 15.8. The molecule has 1 radical (unpaired) electrons. The fourth-order valence-corrected chi connectivity index (χ4v) is 3.35. The maximum absolute atomic E-state index is 5.72. The molecule has 0 aliphatic heterocycles. The second kappa shape index (κ2) is 19.7. The molecule has 0 saturated carbocycles. The Bertz CT molecular complexity index is 681. The SMILES string of the molecule is CCCCCCc1ccc(N)c(Br)c1.CCCCCCc1ccc(N)cc1.[B]=NS. The molecule has 0 bridgehead atoms. The zero-order valence-electron chi connectivity index (χ0n) is 18.6. The number of hydrogen-bond donors (Lipinski definition) is 3. The van der Waals surface area contributed by atoms with Crippen molar-refractivity contribution in [1.82, 2.24) is 0 Å². The van der Waals surface area contributed by atoms with E-state index in [0.29, 0.717) is 0 Å². The number of anilines is 2. The first-order chi connectivity index (χ1) is 14.5. The van der Waals surface area contributed by atoms with Crippen molar-refractivity contribution in [2.24, 2.45) is 4.30 Å². The Morgan fingerprint density at radius 2 is 1.27 bits per heavy atom. The second-order valence-electron chi connectivity index (χ2n) is 7.33. The minimum absolute atomic E-state index is 0.822. The Morgan fingerprint density at radius 1 is 0.800 bits per heavy atom. The molecule has 30 heavy (non-hydrogen) atoms. The number of halogens is 1. The number of aryl methyl sites for hydroxylation is 2. The molecule has 165 valence electrons. The van der Waals surface area contributed by atoms with E-state index in [-0.39, 0.29) is 0 Å². The third-order valence-electron chi connectivity index (χ3n) is 4.68. The summed E-state index contributed by atoms with van der Waals surface area (Å²) < 4.78 is 3.71. The quantitative estimate of drug-likeness (QED) is 0.138. The summed E-state index contributed by atoms with van der Waals surface area (Å²) in [5.74, 6) is 0. The molecule has 3 nitrogen and oxygen atoms in total. The molecule has 2 rings (SSSR count). The summed E-state index contributed by atoms with van der Waals surface area (Å²) in [4.78, 5) is 0. The van der Waals surface area contributed by atoms with E-state index in [1.165, 1.54) is 75.3 Å². The number of nitrogens with two attached hydrogens (primary N) is 2. The van der Waals surface area contributed by atoms with E-state index < -0.39 is 0 Å². The van der Waals surface area contributed by atoms with Crippen molar-refractivity contribution in [3.05, 3.63) is 58.1 Å². The molecule has 2 aromatic carbocycles. The molecule has 0 atom stereocenters. The van der Waals surface area contributed by atoms with E-state index in [1.54, 1.807) is 0 Å². The number of rotatable bonds is 10. The van der Waals surface area contributed by atoms with Crippen LogP contribution in [0.3, 0.4) is 0 Å². The molecule has 0 saturated heterocycles. The fraction of sp³-hybridized carbons (Fsp3) is 0.500. The number of benzene rings is 2. The Morgan fingerprint density at radius 3 is 1.73 bits per heavy atom. The van der Waals surface area contributed by atoms with Crippen LogP contribution in [0.5, 0.6) is 0 Å². The normalized spacial score (nSPS) is 9.70. The van der Waals surface area contributed by atoms with E-state index in [0.717, 1.165) is 15.8 Å². The molecule has 0 aliphatic carbocycles. The zero-order chi connectivity index (χ0) is 22.6. The van der Waals surface area contributed by atoms with Gasteiger partial charge in [-0.05, 0) is 77.0 Å². The van der Waals surface area contributed by atoms with Crippen molar-refractivity contribution >= 4 is 47.8 Å². The van der Waals surface area contributed by atoms with Gasteiger partial charge in [-0.25, -0.2) is 0 Å². The van der Waals surface area contributed by atoms with Gasteiger partial charge < -0.3 is 11.5 Å². The first-order valence-electron chi connectivity index (χ1n) is 10.9. The van der Waals surface area contributed by atoms with Crippen molar-refractivity contribution in [3.8, 4) is 0 Å². The summed E-state index contributed by atoms with van der Waals surface area (Å²) in [6.45, 7) is 4.48. The van der Waals surface area contributed by atoms with Gasteiger partial charge in [-0.2, -0.15) is 0 Å². The molecule has 0 aromatic heterocycles. The van der Waals surface area contributed by atoms with Crippen LogP contribution in [0.15, 0.2) is 51.2 Å². The molecule has 0 spiro atoms. The number of thiol groups is 1. The molecule has 4 N–H and O–H groups in total. The average Bonchev–Trinajstić information content (AvgIpc) is 2.74. The Hall–Kier alpha value is -1.27. The standard InChI is InChI=1S/C12H18BrN.C12H19N.BHNS/c1-2-3-4-5-6-10-7-8-12(14)11(13)9-10;1-2-3-4-5-6-11-7-9-12(13)10-8-11;1-2-3/h7-9H,2-6,14H2,1H3;7-10H,2-6,13H2,1H3;3H. The summed E-state index contributed by atoms with van der Waals surface area (Å²) in [5, 5.41) is 0. The first kappa shape index (κ1) is 28.7. The van der Waals surface area contributed by atoms with Crippen molar-refractivity contribution in [2.75, 3.05) is 11.5 Å². The number of nitrogen functional groups attached to an aromatic ring is 2. The first-order valence-corrected chi connectivity index (χ1v) is 12.1. The number of nitrogens with zero attached hydrogens (tertiary/aromatic N) is 1. The molecule has 6 heteroatoms. The molecule has 0 amide bonds. The van der Waals surface area contributed by atoms with Crippen LogP contribution in [0.1, 0.15) is 76.3 Å². The van der Waals surface area contributed by atoms with Crippen LogP contribution in [0.2, 0.25) is 0 Å². The summed E-state index contributed by atoms with van der Waals surface area (Å²) in [6.07, 6.45) is 12.9. The van der Waals surface area contributed by atoms with Crippen LogP contribution < -0.4 is 11.5 Å². The van der Waals surface area contributed by atoms with Crippen LogP contribution in [-0.4, -0.2) is 7.64 Å². The van der Waals surface area contributed by atoms with Gasteiger partial charge in [0.2, 0.25) is 0 Å². The van der Waals surface area contributed by atoms with Gasteiger partial charge in [-0.15, -0.1) is 0 Å². The van der Waals surface area contributed by atoms with Gasteiger partial charge in [0.1, 0.15) is 0 Å². The van der Waals surface area contributed by atoms with Gasteiger partial charge in [0.25, 0.3) is 0 Å². The summed E-state index contributed by atoms with van der Waals surface area (Å²) in [6, 6.07) is 14.4. The van der Waals surface area contributed by atoms with Crippen molar-refractivity contribution in [3.63, 3.8) is 0 Å². The van der Waals surface area contributed by atoms with Crippen molar-refractivity contribution in [2.45, 2.75) is 78.1 Å². The fourth-order valence-electron chi connectivity index (χ4n) is 2.92. The molecule has 0 heterocycles. The van der Waals surface area contributed by atoms with Crippen LogP contribution in [0.4, 0.5) is 11.4 Å². The second-order valence-corrected chi connectivity index (χ2v) is 8.42. The van der Waals surface area contributed by atoms with E-state index in [4.69, 9.17) is 11.5 Å². The number of hydrogen-bond acceptors (Lipinski definition) is 4. The topological polar surface area (TPSA) is 64.4 Å². The molecule has 0 unspecified atom stereocenters. The van der Waals surface area contributed by atoms with Crippen molar-refractivity contribution in [1.29, 1.82) is 0 Å². The summed E-state index contributed by atoms with van der Waals surface area (Å²) in [7, 11) is 4.34. The van der Waals surface area contributed by atoms with Crippen LogP contribution >= 0.6 is 28.7 Å². The van der Waals surface area contributed by atoms with E-state index in [2.05, 4.69) is 78.8 Å². The van der Waals surface area contributed by atoms with Crippen LogP contribution in [0.25, 0.3) is 0 Å². The summed E-state index contributed by atoms with van der Waals surface area (Å²) >= 11 is 6.64. The van der Waals surface area contributed by atoms with E-state index in [1.807, 2.05) is 18.2 Å². The van der Waals surface area contributed by atoms with Gasteiger partial charge in [0.15, 0.2) is 0 Å². The molecule has 0 aliphatic rings. The predicted molar refractivity (Wildman–Crippen MR) is 142 cm³/mol. The van der Waals surface area contributed by atoms with Gasteiger partial charge in [0.05, 0.1) is 0 Å². The molecular weight excluding hydrogens is 453 g/mol. The predicted octanol–water partition coefficient (Wildman–Crippen LogP) is 7.73. The number of unbranched alkanes of at least 4 members (excludes halogenated alkanes) is 6. The Balaban J connectivity index is 0.000000497. The zero-order valence-corrected chi connectivity index (χ0v) is 21.1.